The molecule has 0 amide bonds. The molecule has 0 aliphatic heterocycles. The summed E-state index contributed by atoms with van der Waals surface area (Å²) in [6.45, 7) is 0.608. The highest BCUT2D eigenvalue weighted by molar-refractivity contribution is 5.83. The fourth-order valence-corrected chi connectivity index (χ4v) is 3.14. The van der Waals surface area contributed by atoms with Crippen molar-refractivity contribution in [3.63, 3.8) is 0 Å². The molecule has 0 aliphatic carbocycles. The van der Waals surface area contributed by atoms with Gasteiger partial charge in [-0.1, -0.05) is 72.8 Å². The maximum absolute atomic E-state index is 9.90. The zero-order valence-electron chi connectivity index (χ0n) is 12.5. The Bertz CT molecular complexity index is 739. The maximum Gasteiger partial charge on any atom is 0.0506 e. The minimum atomic E-state index is 0.0207. The van der Waals surface area contributed by atoms with Crippen molar-refractivity contribution in [2.45, 2.75) is 11.8 Å². The molecule has 2 heteroatoms. The van der Waals surface area contributed by atoms with E-state index in [2.05, 4.69) is 42.5 Å². The Morgan fingerprint density at radius 1 is 0.727 bits per heavy atom. The molecule has 3 aromatic carbocycles. The van der Waals surface area contributed by atoms with Crippen molar-refractivity contribution < 1.29 is 5.11 Å². The quantitative estimate of drug-likeness (QED) is 0.753. The summed E-state index contributed by atoms with van der Waals surface area (Å²) >= 11 is 0. The highest BCUT2D eigenvalue weighted by Gasteiger charge is 2.23. The first-order chi connectivity index (χ1) is 10.8. The van der Waals surface area contributed by atoms with Crippen LogP contribution in [0.5, 0.6) is 0 Å². The first-order valence-corrected chi connectivity index (χ1v) is 7.68. The van der Waals surface area contributed by atoms with Crippen molar-refractivity contribution in [3.05, 3.63) is 83.9 Å². The Balaban J connectivity index is 2.00. The largest absolute Gasteiger partial charge is 0.396 e. The van der Waals surface area contributed by atoms with Gasteiger partial charge in [0.2, 0.25) is 0 Å². The smallest absolute Gasteiger partial charge is 0.0506 e. The number of rotatable bonds is 5. The van der Waals surface area contributed by atoms with Gasteiger partial charge in [-0.2, -0.15) is 0 Å². The van der Waals surface area contributed by atoms with Crippen molar-refractivity contribution in [1.29, 1.82) is 0 Å². The van der Waals surface area contributed by atoms with E-state index in [1.54, 1.807) is 0 Å². The lowest BCUT2D eigenvalue weighted by molar-refractivity contribution is 0.248. The molecule has 3 rings (SSSR count). The predicted octanol–water partition coefficient (Wildman–Crippen LogP) is 3.66. The van der Waals surface area contributed by atoms with Crippen LogP contribution in [0, 0.1) is 0 Å². The molecule has 3 aromatic rings. The standard InChI is InChI=1S/C20H21NO/c21-13-19(20(14-22)16-7-2-1-3-8-16)18-11-10-15-6-4-5-9-17(15)12-18/h1-12,19-20,22H,13-14,21H2/t19?,20-/m1/s1. The van der Waals surface area contributed by atoms with E-state index >= 15 is 0 Å². The fraction of sp³-hybridized carbons (Fsp3) is 0.200. The number of aliphatic hydroxyl groups is 1. The van der Waals surface area contributed by atoms with Gasteiger partial charge in [-0.3, -0.25) is 0 Å². The van der Waals surface area contributed by atoms with Crippen LogP contribution in [0.15, 0.2) is 72.8 Å². The summed E-state index contributed by atoms with van der Waals surface area (Å²) < 4.78 is 0. The van der Waals surface area contributed by atoms with Gasteiger partial charge in [0.15, 0.2) is 0 Å². The second kappa shape index (κ2) is 6.73. The van der Waals surface area contributed by atoms with Crippen LogP contribution in [-0.2, 0) is 0 Å². The molecule has 0 saturated carbocycles. The molecule has 0 radical (unpaired) electrons. The van der Waals surface area contributed by atoms with E-state index in [0.717, 1.165) is 5.56 Å². The van der Waals surface area contributed by atoms with E-state index in [1.807, 2.05) is 30.3 Å². The third kappa shape index (κ3) is 2.89. The van der Waals surface area contributed by atoms with Crippen LogP contribution in [-0.4, -0.2) is 18.3 Å². The SMILES string of the molecule is NCC(c1ccc2ccccc2c1)[C@H](CO)c1ccccc1. The molecule has 1 unspecified atom stereocenters. The fourth-order valence-electron chi connectivity index (χ4n) is 3.14. The monoisotopic (exact) mass is 291 g/mol. The first kappa shape index (κ1) is 14.8. The normalized spacial score (nSPS) is 13.9. The van der Waals surface area contributed by atoms with Crippen LogP contribution in [0.4, 0.5) is 0 Å². The predicted molar refractivity (Wildman–Crippen MR) is 92.0 cm³/mol. The number of hydrogen-bond acceptors (Lipinski definition) is 2. The van der Waals surface area contributed by atoms with Gasteiger partial charge >= 0.3 is 0 Å². The molecule has 0 heterocycles. The Kier molecular flexibility index (Phi) is 4.52. The molecular weight excluding hydrogens is 270 g/mol. The summed E-state index contributed by atoms with van der Waals surface area (Å²) in [4.78, 5) is 0. The second-order valence-electron chi connectivity index (χ2n) is 5.65. The molecule has 0 saturated heterocycles. The molecule has 3 N–H and O–H groups in total. The van der Waals surface area contributed by atoms with Crippen molar-refractivity contribution in [2.24, 2.45) is 5.73 Å². The minimum Gasteiger partial charge on any atom is -0.396 e. The molecule has 0 bridgehead atoms. The average Bonchev–Trinajstić information content (AvgIpc) is 2.60. The lowest BCUT2D eigenvalue weighted by atomic mass is 9.81. The molecule has 112 valence electrons. The van der Waals surface area contributed by atoms with Crippen LogP contribution in [0.1, 0.15) is 23.0 Å². The molecule has 0 spiro atoms. The van der Waals surface area contributed by atoms with Crippen LogP contribution >= 0.6 is 0 Å². The summed E-state index contributed by atoms with van der Waals surface area (Å²) in [6.07, 6.45) is 0. The number of benzene rings is 3. The zero-order valence-corrected chi connectivity index (χ0v) is 12.5. The van der Waals surface area contributed by atoms with E-state index < -0.39 is 0 Å². The molecule has 0 aliphatic rings. The number of nitrogens with two attached hydrogens (primary N) is 1. The molecule has 0 fully saturated rings. The van der Waals surface area contributed by atoms with E-state index in [1.165, 1.54) is 16.3 Å². The Hall–Kier alpha value is -2.16. The Morgan fingerprint density at radius 3 is 2.09 bits per heavy atom. The van der Waals surface area contributed by atoms with Gasteiger partial charge < -0.3 is 10.8 Å². The molecule has 2 atom stereocenters. The third-order valence-corrected chi connectivity index (χ3v) is 4.37. The van der Waals surface area contributed by atoms with Gasteiger partial charge in [0.05, 0.1) is 6.61 Å². The van der Waals surface area contributed by atoms with Crippen LogP contribution < -0.4 is 5.73 Å². The van der Waals surface area contributed by atoms with Gasteiger partial charge in [0.25, 0.3) is 0 Å². The number of fused-ring (bicyclic) bond motifs is 1. The zero-order chi connectivity index (χ0) is 15.4. The van der Waals surface area contributed by atoms with E-state index in [0.29, 0.717) is 6.54 Å². The summed E-state index contributed by atoms with van der Waals surface area (Å²) in [7, 11) is 0. The van der Waals surface area contributed by atoms with Gasteiger partial charge in [0, 0.05) is 11.8 Å². The first-order valence-electron chi connectivity index (χ1n) is 7.68. The number of aliphatic hydroxyl groups excluding tert-OH is 1. The Morgan fingerprint density at radius 2 is 1.41 bits per heavy atom. The van der Waals surface area contributed by atoms with E-state index in [-0.39, 0.29) is 18.4 Å². The van der Waals surface area contributed by atoms with Crippen LogP contribution in [0.2, 0.25) is 0 Å². The summed E-state index contributed by atoms with van der Waals surface area (Å²) in [5, 5.41) is 12.3. The van der Waals surface area contributed by atoms with E-state index in [4.69, 9.17) is 5.73 Å². The summed E-state index contributed by atoms with van der Waals surface area (Å²) in [6, 6.07) is 24.9. The minimum absolute atomic E-state index is 0.0207. The molecular formula is C20H21NO. The van der Waals surface area contributed by atoms with Gasteiger partial charge in [-0.05, 0) is 28.4 Å². The van der Waals surface area contributed by atoms with Gasteiger partial charge in [-0.15, -0.1) is 0 Å². The summed E-state index contributed by atoms with van der Waals surface area (Å²) in [5.41, 5.74) is 8.37. The van der Waals surface area contributed by atoms with E-state index in [9.17, 15) is 5.11 Å². The van der Waals surface area contributed by atoms with Crippen molar-refractivity contribution in [1.82, 2.24) is 0 Å². The van der Waals surface area contributed by atoms with Crippen molar-refractivity contribution in [2.75, 3.05) is 13.2 Å². The highest BCUT2D eigenvalue weighted by Crippen LogP contribution is 2.33. The average molecular weight is 291 g/mol. The Labute approximate surface area is 131 Å². The summed E-state index contributed by atoms with van der Waals surface area (Å²) in [5.74, 6) is 0.129. The van der Waals surface area contributed by atoms with Gasteiger partial charge in [0.1, 0.15) is 0 Å². The second-order valence-corrected chi connectivity index (χ2v) is 5.65. The molecule has 22 heavy (non-hydrogen) atoms. The maximum atomic E-state index is 9.90. The molecule has 2 nitrogen and oxygen atoms in total. The topological polar surface area (TPSA) is 46.2 Å². The van der Waals surface area contributed by atoms with Crippen LogP contribution in [0.3, 0.4) is 0 Å². The lowest BCUT2D eigenvalue weighted by Crippen LogP contribution is -2.22. The number of hydrogen-bond donors (Lipinski definition) is 2. The lowest BCUT2D eigenvalue weighted by Gasteiger charge is -2.25. The van der Waals surface area contributed by atoms with Crippen molar-refractivity contribution in [3.8, 4) is 0 Å². The van der Waals surface area contributed by atoms with Crippen molar-refractivity contribution >= 4 is 10.8 Å². The highest BCUT2D eigenvalue weighted by atomic mass is 16.3. The van der Waals surface area contributed by atoms with Gasteiger partial charge in [-0.25, -0.2) is 0 Å². The van der Waals surface area contributed by atoms with Crippen LogP contribution in [0.25, 0.3) is 10.8 Å². The third-order valence-electron chi connectivity index (χ3n) is 4.37. The molecule has 0 aromatic heterocycles.